The van der Waals surface area contributed by atoms with E-state index in [4.69, 9.17) is 5.73 Å². The third kappa shape index (κ3) is 2.05. The third-order valence-electron chi connectivity index (χ3n) is 3.40. The number of aromatic nitrogens is 1. The summed E-state index contributed by atoms with van der Waals surface area (Å²) < 4.78 is 0. The second-order valence-electron chi connectivity index (χ2n) is 4.49. The zero-order chi connectivity index (χ0) is 11.7. The van der Waals surface area contributed by atoms with E-state index in [0.717, 1.165) is 5.52 Å². The Kier molecular flexibility index (Phi) is 3.04. The average Bonchev–Trinajstić information content (AvgIpc) is 2.91. The molecule has 2 N–H and O–H groups in total. The average molecular weight is 244 g/mol. The van der Waals surface area contributed by atoms with Gasteiger partial charge >= 0.3 is 0 Å². The monoisotopic (exact) mass is 244 g/mol. The minimum absolute atomic E-state index is 0.135. The summed E-state index contributed by atoms with van der Waals surface area (Å²) >= 11 is 2.01. The van der Waals surface area contributed by atoms with Crippen LogP contribution < -0.4 is 5.73 Å². The Morgan fingerprint density at radius 2 is 2.24 bits per heavy atom. The minimum atomic E-state index is 0.135. The molecule has 2 nitrogen and oxygen atoms in total. The van der Waals surface area contributed by atoms with Crippen LogP contribution >= 0.6 is 11.8 Å². The van der Waals surface area contributed by atoms with Crippen molar-refractivity contribution in [1.29, 1.82) is 0 Å². The van der Waals surface area contributed by atoms with Gasteiger partial charge in [-0.3, -0.25) is 4.98 Å². The Hall–Kier alpha value is -1.06. The number of pyridine rings is 1. The number of nitrogens with two attached hydrogens (primary N) is 1. The van der Waals surface area contributed by atoms with Crippen molar-refractivity contribution in [2.45, 2.75) is 24.1 Å². The summed E-state index contributed by atoms with van der Waals surface area (Å²) in [6.07, 6.45) is 4.37. The van der Waals surface area contributed by atoms with Crippen molar-refractivity contribution >= 4 is 22.7 Å². The second-order valence-corrected chi connectivity index (χ2v) is 5.84. The van der Waals surface area contributed by atoms with E-state index in [1.165, 1.54) is 29.5 Å². The molecule has 1 aliphatic heterocycles. The Balaban J connectivity index is 2.04. The molecule has 0 radical (unpaired) electrons. The van der Waals surface area contributed by atoms with E-state index in [1.807, 2.05) is 30.1 Å². The number of hydrogen-bond acceptors (Lipinski definition) is 3. The lowest BCUT2D eigenvalue weighted by molar-refractivity contribution is 0.649. The van der Waals surface area contributed by atoms with Crippen LogP contribution in [0.3, 0.4) is 0 Å². The molecule has 2 atom stereocenters. The van der Waals surface area contributed by atoms with Gasteiger partial charge in [-0.05, 0) is 36.3 Å². The van der Waals surface area contributed by atoms with Gasteiger partial charge in [0.25, 0.3) is 0 Å². The number of nitrogens with zero attached hydrogens (tertiary/aromatic N) is 1. The number of fused-ring (bicyclic) bond motifs is 1. The first-order chi connectivity index (χ1) is 8.36. The molecule has 1 saturated heterocycles. The van der Waals surface area contributed by atoms with E-state index in [2.05, 4.69) is 23.2 Å². The molecule has 1 aromatic heterocycles. The van der Waals surface area contributed by atoms with Gasteiger partial charge < -0.3 is 5.73 Å². The van der Waals surface area contributed by atoms with Gasteiger partial charge in [0.15, 0.2) is 0 Å². The fraction of sp³-hybridized carbons (Fsp3) is 0.357. The fourth-order valence-electron chi connectivity index (χ4n) is 2.50. The standard InChI is InChI=1S/C14H16N2S/c15-14(13-7-3-9-17-13)11-4-1-6-12-10(11)5-2-8-16-12/h1-2,4-6,8,13-14H,3,7,9,15H2. The highest BCUT2D eigenvalue weighted by Crippen LogP contribution is 2.36. The van der Waals surface area contributed by atoms with Crippen LogP contribution in [0.5, 0.6) is 0 Å². The molecule has 0 saturated carbocycles. The summed E-state index contributed by atoms with van der Waals surface area (Å²) in [6, 6.07) is 10.5. The summed E-state index contributed by atoms with van der Waals surface area (Å²) in [7, 11) is 0. The summed E-state index contributed by atoms with van der Waals surface area (Å²) in [5, 5.41) is 1.77. The zero-order valence-corrected chi connectivity index (χ0v) is 10.5. The molecular formula is C14H16N2S. The predicted molar refractivity (Wildman–Crippen MR) is 74.2 cm³/mol. The van der Waals surface area contributed by atoms with Gasteiger partial charge in [-0.25, -0.2) is 0 Å². The van der Waals surface area contributed by atoms with Crippen molar-refractivity contribution in [3.63, 3.8) is 0 Å². The minimum Gasteiger partial charge on any atom is -0.323 e. The molecule has 0 bridgehead atoms. The smallest absolute Gasteiger partial charge is 0.0705 e. The van der Waals surface area contributed by atoms with Crippen molar-refractivity contribution in [3.8, 4) is 0 Å². The number of hydrogen-bond donors (Lipinski definition) is 1. The van der Waals surface area contributed by atoms with Gasteiger partial charge in [0.2, 0.25) is 0 Å². The van der Waals surface area contributed by atoms with Gasteiger partial charge in [-0.15, -0.1) is 0 Å². The van der Waals surface area contributed by atoms with E-state index >= 15 is 0 Å². The Bertz CT molecular complexity index is 515. The molecule has 1 aliphatic rings. The molecule has 88 valence electrons. The highest BCUT2D eigenvalue weighted by Gasteiger charge is 2.24. The van der Waals surface area contributed by atoms with Crippen molar-refractivity contribution in [2.75, 3.05) is 5.75 Å². The van der Waals surface area contributed by atoms with E-state index in [0.29, 0.717) is 5.25 Å². The zero-order valence-electron chi connectivity index (χ0n) is 9.67. The predicted octanol–water partition coefficient (Wildman–Crippen LogP) is 3.13. The van der Waals surface area contributed by atoms with E-state index in [1.54, 1.807) is 0 Å². The largest absolute Gasteiger partial charge is 0.323 e. The Morgan fingerprint density at radius 1 is 1.29 bits per heavy atom. The number of benzene rings is 1. The molecule has 1 aromatic carbocycles. The van der Waals surface area contributed by atoms with Crippen LogP contribution in [0.2, 0.25) is 0 Å². The van der Waals surface area contributed by atoms with Crippen LogP contribution in [-0.2, 0) is 0 Å². The quantitative estimate of drug-likeness (QED) is 0.882. The van der Waals surface area contributed by atoms with Crippen LogP contribution in [0.15, 0.2) is 36.5 Å². The first-order valence-electron chi connectivity index (χ1n) is 6.07. The van der Waals surface area contributed by atoms with Gasteiger partial charge in [0, 0.05) is 22.9 Å². The SMILES string of the molecule is NC(c1cccc2ncccc12)C1CCCS1. The van der Waals surface area contributed by atoms with Crippen molar-refractivity contribution < 1.29 is 0 Å². The summed E-state index contributed by atoms with van der Waals surface area (Å²) in [5.41, 5.74) is 8.71. The lowest BCUT2D eigenvalue weighted by Gasteiger charge is -2.20. The van der Waals surface area contributed by atoms with Crippen LogP contribution in [0.1, 0.15) is 24.4 Å². The van der Waals surface area contributed by atoms with Crippen LogP contribution in [0.25, 0.3) is 10.9 Å². The first kappa shape index (κ1) is 11.1. The first-order valence-corrected chi connectivity index (χ1v) is 7.12. The molecular weight excluding hydrogens is 228 g/mol. The van der Waals surface area contributed by atoms with Crippen LogP contribution in [0, 0.1) is 0 Å². The molecule has 2 heterocycles. The number of thioether (sulfide) groups is 1. The maximum atomic E-state index is 6.42. The lowest BCUT2D eigenvalue weighted by atomic mass is 9.97. The summed E-state index contributed by atoms with van der Waals surface area (Å²) in [5.74, 6) is 1.25. The topological polar surface area (TPSA) is 38.9 Å². The van der Waals surface area contributed by atoms with E-state index in [-0.39, 0.29) is 6.04 Å². The fourth-order valence-corrected chi connectivity index (χ4v) is 3.83. The third-order valence-corrected chi connectivity index (χ3v) is 4.89. The molecule has 0 aliphatic carbocycles. The van der Waals surface area contributed by atoms with E-state index in [9.17, 15) is 0 Å². The van der Waals surface area contributed by atoms with Gasteiger partial charge in [0.05, 0.1) is 5.52 Å². The molecule has 17 heavy (non-hydrogen) atoms. The van der Waals surface area contributed by atoms with Crippen molar-refractivity contribution in [1.82, 2.24) is 4.98 Å². The van der Waals surface area contributed by atoms with E-state index < -0.39 is 0 Å². The van der Waals surface area contributed by atoms with Crippen LogP contribution in [-0.4, -0.2) is 16.0 Å². The molecule has 0 spiro atoms. The summed E-state index contributed by atoms with van der Waals surface area (Å²) in [4.78, 5) is 4.39. The van der Waals surface area contributed by atoms with Crippen LogP contribution in [0.4, 0.5) is 0 Å². The highest BCUT2D eigenvalue weighted by molar-refractivity contribution is 8.00. The highest BCUT2D eigenvalue weighted by atomic mass is 32.2. The summed E-state index contributed by atoms with van der Waals surface area (Å²) in [6.45, 7) is 0. The van der Waals surface area contributed by atoms with Gasteiger partial charge in [-0.2, -0.15) is 11.8 Å². The van der Waals surface area contributed by atoms with Gasteiger partial charge in [0.1, 0.15) is 0 Å². The Morgan fingerprint density at radius 3 is 3.06 bits per heavy atom. The Labute approximate surface area is 106 Å². The van der Waals surface area contributed by atoms with Gasteiger partial charge in [-0.1, -0.05) is 18.2 Å². The van der Waals surface area contributed by atoms with Crippen molar-refractivity contribution in [3.05, 3.63) is 42.1 Å². The number of rotatable bonds is 2. The molecule has 0 amide bonds. The maximum absolute atomic E-state index is 6.42. The maximum Gasteiger partial charge on any atom is 0.0705 e. The molecule has 1 fully saturated rings. The lowest BCUT2D eigenvalue weighted by Crippen LogP contribution is -2.21. The second kappa shape index (κ2) is 4.67. The van der Waals surface area contributed by atoms with Crippen molar-refractivity contribution in [2.24, 2.45) is 5.73 Å². The normalized spacial score (nSPS) is 21.8. The molecule has 3 heteroatoms. The molecule has 2 aromatic rings. The molecule has 2 unspecified atom stereocenters. The molecule has 3 rings (SSSR count).